The zero-order valence-electron chi connectivity index (χ0n) is 13.9. The summed E-state index contributed by atoms with van der Waals surface area (Å²) >= 11 is 0. The van der Waals surface area contributed by atoms with Crippen molar-refractivity contribution in [2.24, 2.45) is 0 Å². The maximum Gasteiger partial charge on any atom is 0.261 e. The summed E-state index contributed by atoms with van der Waals surface area (Å²) in [6, 6.07) is 17.0. The fourth-order valence-electron chi connectivity index (χ4n) is 2.87. The number of para-hydroxylation sites is 1. The molecule has 6 nitrogen and oxygen atoms in total. The number of aromatic nitrogens is 2. The van der Waals surface area contributed by atoms with Gasteiger partial charge in [0.15, 0.2) is 0 Å². The predicted octanol–water partition coefficient (Wildman–Crippen LogP) is 4.05. The van der Waals surface area contributed by atoms with E-state index in [1.807, 2.05) is 42.5 Å². The molecule has 1 N–H and O–H groups in total. The Morgan fingerprint density at radius 3 is 2.69 bits per heavy atom. The highest BCUT2D eigenvalue weighted by Crippen LogP contribution is 2.26. The van der Waals surface area contributed by atoms with Crippen molar-refractivity contribution < 1.29 is 9.21 Å². The number of pyridine rings is 1. The lowest BCUT2D eigenvalue weighted by Gasteiger charge is -2.05. The predicted molar refractivity (Wildman–Crippen MR) is 97.2 cm³/mol. The molecule has 6 heteroatoms. The number of carbonyl (C=O) groups is 1. The zero-order valence-corrected chi connectivity index (χ0v) is 13.9. The van der Waals surface area contributed by atoms with Gasteiger partial charge in [0.05, 0.1) is 5.52 Å². The van der Waals surface area contributed by atoms with Crippen LogP contribution in [0.1, 0.15) is 21.7 Å². The normalized spacial score (nSPS) is 10.6. The van der Waals surface area contributed by atoms with E-state index >= 15 is 0 Å². The molecule has 0 aliphatic heterocycles. The van der Waals surface area contributed by atoms with Gasteiger partial charge in [-0.25, -0.2) is 4.98 Å². The fourth-order valence-corrected chi connectivity index (χ4v) is 2.87. The van der Waals surface area contributed by atoms with Crippen molar-refractivity contribution in [2.75, 3.05) is 5.32 Å². The maximum absolute atomic E-state index is 12.8. The molecule has 0 unspecified atom stereocenters. The van der Waals surface area contributed by atoms with Gasteiger partial charge in [-0.1, -0.05) is 18.2 Å². The van der Waals surface area contributed by atoms with Crippen LogP contribution >= 0.6 is 0 Å². The Kier molecular flexibility index (Phi) is 3.75. The van der Waals surface area contributed by atoms with E-state index in [-0.39, 0.29) is 11.1 Å². The topological polar surface area (TPSA) is 83.8 Å². The average molecular weight is 342 g/mol. The zero-order chi connectivity index (χ0) is 18.1. The molecule has 126 valence electrons. The third-order valence-electron chi connectivity index (χ3n) is 4.08. The molecule has 4 aromatic rings. The number of fused-ring (bicyclic) bond motifs is 1. The van der Waals surface area contributed by atoms with Gasteiger partial charge in [-0.3, -0.25) is 9.36 Å². The van der Waals surface area contributed by atoms with Crippen molar-refractivity contribution >= 4 is 22.6 Å². The first kappa shape index (κ1) is 15.7. The molecule has 0 fully saturated rings. The minimum atomic E-state index is -0.427. The van der Waals surface area contributed by atoms with E-state index in [1.165, 1.54) is 0 Å². The quantitative estimate of drug-likeness (QED) is 0.609. The second kappa shape index (κ2) is 6.22. The van der Waals surface area contributed by atoms with Crippen molar-refractivity contribution in [1.29, 1.82) is 5.26 Å². The molecule has 0 bridgehead atoms. The molecule has 0 aliphatic rings. The van der Waals surface area contributed by atoms with E-state index in [2.05, 4.69) is 16.4 Å². The average Bonchev–Trinajstić information content (AvgIpc) is 3.28. The van der Waals surface area contributed by atoms with Gasteiger partial charge in [0.2, 0.25) is 5.88 Å². The van der Waals surface area contributed by atoms with Crippen molar-refractivity contribution in [1.82, 2.24) is 9.55 Å². The van der Waals surface area contributed by atoms with Gasteiger partial charge in [-0.2, -0.15) is 5.26 Å². The van der Waals surface area contributed by atoms with E-state index in [0.717, 1.165) is 10.9 Å². The molecule has 0 radical (unpaired) electrons. The smallest absolute Gasteiger partial charge is 0.261 e. The molecular formula is C20H14N4O2. The first-order valence-electron chi connectivity index (χ1n) is 8.01. The van der Waals surface area contributed by atoms with Crippen LogP contribution in [0, 0.1) is 18.3 Å². The third-order valence-corrected chi connectivity index (χ3v) is 4.08. The van der Waals surface area contributed by atoms with Gasteiger partial charge in [0.25, 0.3) is 5.91 Å². The molecule has 3 heterocycles. The van der Waals surface area contributed by atoms with Gasteiger partial charge in [0, 0.05) is 17.8 Å². The third kappa shape index (κ3) is 2.62. The molecule has 1 aromatic carbocycles. The van der Waals surface area contributed by atoms with Gasteiger partial charge in [-0.05, 0) is 37.3 Å². The highest BCUT2D eigenvalue weighted by Gasteiger charge is 2.24. The molecular weight excluding hydrogens is 328 g/mol. The molecule has 0 saturated heterocycles. The number of hydrogen-bond donors (Lipinski definition) is 1. The van der Waals surface area contributed by atoms with Crippen molar-refractivity contribution in [3.05, 3.63) is 77.8 Å². The highest BCUT2D eigenvalue weighted by molar-refractivity contribution is 6.07. The van der Waals surface area contributed by atoms with Crippen LogP contribution in [0.15, 0.2) is 65.3 Å². The van der Waals surface area contributed by atoms with Crippen molar-refractivity contribution in [2.45, 2.75) is 6.92 Å². The minimum Gasteiger partial charge on any atom is -0.443 e. The van der Waals surface area contributed by atoms with Crippen LogP contribution < -0.4 is 5.32 Å². The van der Waals surface area contributed by atoms with Crippen LogP contribution in [0.4, 0.5) is 5.82 Å². The lowest BCUT2D eigenvalue weighted by molar-refractivity contribution is 0.102. The molecule has 3 aromatic heterocycles. The Morgan fingerprint density at radius 2 is 1.92 bits per heavy atom. The first-order valence-corrected chi connectivity index (χ1v) is 8.01. The number of nitrogens with zero attached hydrogens (tertiary/aromatic N) is 3. The lowest BCUT2D eigenvalue weighted by Crippen LogP contribution is -2.14. The largest absolute Gasteiger partial charge is 0.443 e. The summed E-state index contributed by atoms with van der Waals surface area (Å²) in [7, 11) is 0. The molecule has 4 rings (SSSR count). The molecule has 1 amide bonds. The monoisotopic (exact) mass is 342 g/mol. The SMILES string of the molecule is Cc1oc(-n2cccc2)c(C#N)c1C(=O)Nc1ccc2ccccc2n1. The number of nitrogens with one attached hydrogen (secondary N) is 1. The highest BCUT2D eigenvalue weighted by atomic mass is 16.4. The van der Waals surface area contributed by atoms with E-state index < -0.39 is 5.91 Å². The fraction of sp³-hybridized carbons (Fsp3) is 0.0500. The van der Waals surface area contributed by atoms with Crippen LogP contribution in [0.25, 0.3) is 16.8 Å². The van der Waals surface area contributed by atoms with Crippen LogP contribution in [-0.4, -0.2) is 15.5 Å². The molecule has 0 spiro atoms. The summed E-state index contributed by atoms with van der Waals surface area (Å²) in [6.45, 7) is 1.66. The molecule has 26 heavy (non-hydrogen) atoms. The Hall–Kier alpha value is -3.85. The summed E-state index contributed by atoms with van der Waals surface area (Å²) in [5.41, 5.74) is 1.19. The maximum atomic E-state index is 12.8. The minimum absolute atomic E-state index is 0.192. The Balaban J connectivity index is 1.71. The van der Waals surface area contributed by atoms with E-state index in [1.54, 1.807) is 30.0 Å². The Labute approximate surface area is 149 Å². The summed E-state index contributed by atoms with van der Waals surface area (Å²) in [5, 5.41) is 13.3. The number of amides is 1. The Bertz CT molecular complexity index is 1150. The van der Waals surface area contributed by atoms with Gasteiger partial charge in [-0.15, -0.1) is 0 Å². The number of hydrogen-bond acceptors (Lipinski definition) is 4. The lowest BCUT2D eigenvalue weighted by atomic mass is 10.1. The van der Waals surface area contributed by atoms with E-state index in [4.69, 9.17) is 4.42 Å². The Morgan fingerprint density at radius 1 is 1.15 bits per heavy atom. The van der Waals surface area contributed by atoms with Gasteiger partial charge >= 0.3 is 0 Å². The standard InChI is InChI=1S/C20H14N4O2/c1-13-18(15(12-21)20(26-13)24-10-4-5-11-24)19(25)23-17-9-8-14-6-2-3-7-16(14)22-17/h2-11H,1H3,(H,22,23,25). The summed E-state index contributed by atoms with van der Waals surface area (Å²) in [4.78, 5) is 17.2. The summed E-state index contributed by atoms with van der Waals surface area (Å²) in [6.07, 6.45) is 3.51. The van der Waals surface area contributed by atoms with Crippen molar-refractivity contribution in [3.8, 4) is 12.0 Å². The summed E-state index contributed by atoms with van der Waals surface area (Å²) < 4.78 is 7.33. The van der Waals surface area contributed by atoms with Crippen LogP contribution in [0.3, 0.4) is 0 Å². The number of aryl methyl sites for hydroxylation is 1. The van der Waals surface area contributed by atoms with Crippen LogP contribution in [-0.2, 0) is 0 Å². The number of rotatable bonds is 3. The number of carbonyl (C=O) groups excluding carboxylic acids is 1. The van der Waals surface area contributed by atoms with E-state index in [0.29, 0.717) is 17.5 Å². The van der Waals surface area contributed by atoms with E-state index in [9.17, 15) is 10.1 Å². The number of anilines is 1. The van der Waals surface area contributed by atoms with Gasteiger partial charge in [0.1, 0.15) is 28.8 Å². The summed E-state index contributed by atoms with van der Waals surface area (Å²) in [5.74, 6) is 0.694. The number of furan rings is 1. The number of nitriles is 1. The second-order valence-corrected chi connectivity index (χ2v) is 5.76. The first-order chi connectivity index (χ1) is 12.7. The number of benzene rings is 1. The van der Waals surface area contributed by atoms with Crippen LogP contribution in [0.5, 0.6) is 0 Å². The second-order valence-electron chi connectivity index (χ2n) is 5.76. The van der Waals surface area contributed by atoms with Gasteiger partial charge < -0.3 is 9.73 Å². The van der Waals surface area contributed by atoms with Crippen LogP contribution in [0.2, 0.25) is 0 Å². The molecule has 0 atom stereocenters. The molecule has 0 aliphatic carbocycles. The molecule has 0 saturated carbocycles. The van der Waals surface area contributed by atoms with Crippen molar-refractivity contribution in [3.63, 3.8) is 0 Å².